The van der Waals surface area contributed by atoms with Crippen LogP contribution in [0.4, 0.5) is 4.79 Å². The number of carboxylic acids is 1. The smallest absolute Gasteiger partial charge is 0.451 e. The van der Waals surface area contributed by atoms with Gasteiger partial charge in [-0.3, -0.25) is 9.59 Å². The highest BCUT2D eigenvalue weighted by Crippen LogP contribution is 2.36. The number of nitrogens with one attached hydrogen (secondary N) is 2. The van der Waals surface area contributed by atoms with Gasteiger partial charge >= 0.3 is 19.2 Å². The molecule has 196 valence electrons. The average molecular weight is 501 g/mol. The van der Waals surface area contributed by atoms with Crippen LogP contribution in [0.5, 0.6) is 0 Å². The molecular formula is C25H36BN3O7. The average Bonchev–Trinajstić information content (AvgIpc) is 3.18. The molecule has 3 rings (SSSR count). The van der Waals surface area contributed by atoms with E-state index in [2.05, 4.69) is 10.3 Å². The first-order valence-corrected chi connectivity index (χ1v) is 12.2. The van der Waals surface area contributed by atoms with E-state index in [9.17, 15) is 29.5 Å². The number of ether oxygens (including phenoxy) is 1. The van der Waals surface area contributed by atoms with E-state index in [4.69, 9.17) is 4.74 Å². The number of fused-ring (bicyclic) bond motifs is 1. The molecule has 1 fully saturated rings. The summed E-state index contributed by atoms with van der Waals surface area (Å²) in [5, 5.41) is 32.1. The van der Waals surface area contributed by atoms with E-state index in [0.29, 0.717) is 12.8 Å². The number of aromatic nitrogens is 1. The fourth-order valence-electron chi connectivity index (χ4n) is 4.86. The molecule has 5 N–H and O–H groups in total. The Bertz CT molecular complexity index is 1100. The van der Waals surface area contributed by atoms with Crippen LogP contribution in [0.25, 0.3) is 10.9 Å². The quantitative estimate of drug-likeness (QED) is 0.348. The Kier molecular flexibility index (Phi) is 8.35. The van der Waals surface area contributed by atoms with Gasteiger partial charge in [-0.05, 0) is 58.0 Å². The number of carbonyl (C=O) groups excluding carboxylic acids is 2. The number of hydrogen-bond donors (Lipinski definition) is 5. The minimum Gasteiger partial charge on any atom is -0.481 e. The van der Waals surface area contributed by atoms with Crippen molar-refractivity contribution in [1.82, 2.24) is 15.2 Å². The van der Waals surface area contributed by atoms with Crippen LogP contribution >= 0.6 is 0 Å². The largest absolute Gasteiger partial charge is 0.481 e. The van der Waals surface area contributed by atoms with Gasteiger partial charge in [-0.25, -0.2) is 4.79 Å². The number of aliphatic carboxylic acids is 1. The molecule has 1 aliphatic rings. The summed E-state index contributed by atoms with van der Waals surface area (Å²) in [4.78, 5) is 43.2. The van der Waals surface area contributed by atoms with E-state index in [0.717, 1.165) is 16.5 Å². The lowest BCUT2D eigenvalue weighted by atomic mass is 9.72. The standard InChI is InChI=1S/C25H36BN3O7/c1-24(2,3)36-23(33)28-20(11-17-13-27-19-8-6-5-7-18(17)19)21(30)29-14-16(9-10-26(34)35)12-25(4,15-29)22(31)32/h5-8,13,16,20,27,34-35H,9-12,14-15H2,1-4H3,(H,28,33)(H,31,32)/t16-,20-,25-/m0/s1. The first kappa shape index (κ1) is 27.5. The van der Waals surface area contributed by atoms with E-state index in [1.54, 1.807) is 33.9 Å². The van der Waals surface area contributed by atoms with Gasteiger partial charge in [-0.1, -0.05) is 24.6 Å². The third kappa shape index (κ3) is 7.01. The second kappa shape index (κ2) is 10.9. The van der Waals surface area contributed by atoms with Gasteiger partial charge in [0, 0.05) is 36.6 Å². The first-order valence-electron chi connectivity index (χ1n) is 12.2. The summed E-state index contributed by atoms with van der Waals surface area (Å²) in [5.74, 6) is -1.67. The van der Waals surface area contributed by atoms with Crippen molar-refractivity contribution in [2.75, 3.05) is 13.1 Å². The Hall–Kier alpha value is -3.05. The molecule has 2 heterocycles. The maximum atomic E-state index is 13.8. The van der Waals surface area contributed by atoms with Crippen molar-refractivity contribution in [3.8, 4) is 0 Å². The van der Waals surface area contributed by atoms with E-state index in [1.807, 2.05) is 24.3 Å². The highest BCUT2D eigenvalue weighted by molar-refractivity contribution is 6.40. The number of carboxylic acid groups (broad SMARTS) is 1. The van der Waals surface area contributed by atoms with Gasteiger partial charge in [0.2, 0.25) is 5.91 Å². The van der Waals surface area contributed by atoms with Gasteiger partial charge in [0.25, 0.3) is 0 Å². The molecule has 0 saturated carbocycles. The van der Waals surface area contributed by atoms with Crippen LogP contribution in [0.1, 0.15) is 46.1 Å². The van der Waals surface area contributed by atoms with Crippen molar-refractivity contribution in [2.24, 2.45) is 11.3 Å². The van der Waals surface area contributed by atoms with E-state index in [-0.39, 0.29) is 31.7 Å². The topological polar surface area (TPSA) is 152 Å². The molecule has 1 aliphatic heterocycles. The highest BCUT2D eigenvalue weighted by Gasteiger charge is 2.44. The molecular weight excluding hydrogens is 465 g/mol. The van der Waals surface area contributed by atoms with Gasteiger partial charge in [0.15, 0.2) is 0 Å². The van der Waals surface area contributed by atoms with Crippen molar-refractivity contribution >= 4 is 36.0 Å². The lowest BCUT2D eigenvalue weighted by Gasteiger charge is -2.43. The van der Waals surface area contributed by atoms with Gasteiger partial charge < -0.3 is 35.1 Å². The van der Waals surface area contributed by atoms with Crippen LogP contribution in [-0.2, 0) is 20.7 Å². The molecule has 10 nitrogen and oxygen atoms in total. The summed E-state index contributed by atoms with van der Waals surface area (Å²) in [6.07, 6.45) is 1.99. The molecule has 1 saturated heterocycles. The van der Waals surface area contributed by atoms with Crippen molar-refractivity contribution < 1.29 is 34.3 Å². The molecule has 2 amide bonds. The SMILES string of the molecule is CC(C)(C)OC(=O)N[C@@H](Cc1c[nH]c2ccccc12)C(=O)N1C[C@@H](CCB(O)O)C[C@](C)(C(=O)O)C1. The summed E-state index contributed by atoms with van der Waals surface area (Å²) in [6.45, 7) is 7.02. The molecule has 11 heteroatoms. The van der Waals surface area contributed by atoms with Crippen molar-refractivity contribution in [3.63, 3.8) is 0 Å². The van der Waals surface area contributed by atoms with Crippen LogP contribution in [0, 0.1) is 11.3 Å². The second-order valence-corrected chi connectivity index (χ2v) is 11.0. The molecule has 1 aromatic carbocycles. The van der Waals surface area contributed by atoms with Crippen LogP contribution in [-0.4, -0.2) is 74.9 Å². The van der Waals surface area contributed by atoms with Crippen LogP contribution in [0.15, 0.2) is 30.5 Å². The fourth-order valence-corrected chi connectivity index (χ4v) is 4.86. The summed E-state index contributed by atoms with van der Waals surface area (Å²) in [6, 6.07) is 6.64. The number of piperidine rings is 1. The van der Waals surface area contributed by atoms with Gasteiger partial charge in [0.1, 0.15) is 11.6 Å². The van der Waals surface area contributed by atoms with Crippen LogP contribution in [0.3, 0.4) is 0 Å². The summed E-state index contributed by atoms with van der Waals surface area (Å²) < 4.78 is 5.40. The third-order valence-electron chi connectivity index (χ3n) is 6.51. The lowest BCUT2D eigenvalue weighted by Crippen LogP contribution is -2.57. The number of amides is 2. The Balaban J connectivity index is 1.88. The number of nitrogens with zero attached hydrogens (tertiary/aromatic N) is 1. The predicted octanol–water partition coefficient (Wildman–Crippen LogP) is 2.41. The summed E-state index contributed by atoms with van der Waals surface area (Å²) >= 11 is 0. The summed E-state index contributed by atoms with van der Waals surface area (Å²) in [7, 11) is -1.50. The number of rotatable bonds is 8. The number of likely N-dealkylation sites (tertiary alicyclic amines) is 1. The molecule has 1 aromatic heterocycles. The van der Waals surface area contributed by atoms with Crippen molar-refractivity contribution in [3.05, 3.63) is 36.0 Å². The fraction of sp³-hybridized carbons (Fsp3) is 0.560. The van der Waals surface area contributed by atoms with E-state index >= 15 is 0 Å². The first-order chi connectivity index (χ1) is 16.8. The monoisotopic (exact) mass is 501 g/mol. The molecule has 0 unspecified atom stereocenters. The predicted molar refractivity (Wildman–Crippen MR) is 135 cm³/mol. The second-order valence-electron chi connectivity index (χ2n) is 11.0. The Morgan fingerprint density at radius 2 is 1.97 bits per heavy atom. The molecule has 0 bridgehead atoms. The number of alkyl carbamates (subject to hydrolysis) is 1. The lowest BCUT2D eigenvalue weighted by molar-refractivity contribution is -0.156. The number of H-pyrrole nitrogens is 1. The zero-order chi connectivity index (χ0) is 26.7. The normalized spacial score (nSPS) is 21.2. The van der Waals surface area contributed by atoms with Gasteiger partial charge in [-0.2, -0.15) is 0 Å². The Morgan fingerprint density at radius 1 is 1.28 bits per heavy atom. The minimum absolute atomic E-state index is 0.0142. The Labute approximate surface area is 211 Å². The maximum absolute atomic E-state index is 13.8. The number of benzene rings is 1. The zero-order valence-electron chi connectivity index (χ0n) is 21.3. The van der Waals surface area contributed by atoms with Crippen molar-refractivity contribution in [2.45, 2.75) is 64.9 Å². The molecule has 0 aliphatic carbocycles. The van der Waals surface area contributed by atoms with Crippen molar-refractivity contribution in [1.29, 1.82) is 0 Å². The number of aromatic amines is 1. The van der Waals surface area contributed by atoms with Gasteiger partial charge in [-0.15, -0.1) is 0 Å². The number of carbonyl (C=O) groups is 3. The molecule has 0 spiro atoms. The maximum Gasteiger partial charge on any atom is 0.451 e. The summed E-state index contributed by atoms with van der Waals surface area (Å²) in [5.41, 5.74) is -0.231. The Morgan fingerprint density at radius 3 is 2.61 bits per heavy atom. The van der Waals surface area contributed by atoms with E-state index < -0.39 is 42.1 Å². The van der Waals surface area contributed by atoms with Crippen LogP contribution in [0.2, 0.25) is 6.32 Å². The zero-order valence-corrected chi connectivity index (χ0v) is 21.3. The number of hydrogen-bond acceptors (Lipinski definition) is 6. The van der Waals surface area contributed by atoms with Crippen LogP contribution < -0.4 is 5.32 Å². The third-order valence-corrected chi connectivity index (χ3v) is 6.51. The minimum atomic E-state index is -1.50. The van der Waals surface area contributed by atoms with E-state index in [1.165, 1.54) is 4.90 Å². The molecule has 0 radical (unpaired) electrons. The highest BCUT2D eigenvalue weighted by atomic mass is 16.6. The molecule has 36 heavy (non-hydrogen) atoms. The molecule has 3 atom stereocenters. The molecule has 2 aromatic rings. The van der Waals surface area contributed by atoms with Gasteiger partial charge in [0.05, 0.1) is 5.41 Å². The number of para-hydroxylation sites is 1.